The average molecular weight is 419 g/mol. The highest BCUT2D eigenvalue weighted by Gasteiger charge is 2.79. The number of hydrogen-bond acceptors (Lipinski definition) is 5. The van der Waals surface area contributed by atoms with Crippen molar-refractivity contribution in [3.05, 3.63) is 83.1 Å². The Hall–Kier alpha value is -4.22. The maximum atomic E-state index is 14.9. The molecule has 152 valence electrons. The minimum Gasteiger partial charge on any atom is -0.476 e. The highest BCUT2D eigenvalue weighted by molar-refractivity contribution is 5.64. The summed E-state index contributed by atoms with van der Waals surface area (Å²) in [5.74, 6) is -2.26. The van der Waals surface area contributed by atoms with Crippen LogP contribution in [0.15, 0.2) is 72.0 Å². The monoisotopic (exact) mass is 419 g/mol. The van der Waals surface area contributed by atoms with E-state index >= 15 is 0 Å². The maximum Gasteiger partial charge on any atom is 0.437 e. The number of alkyl halides is 3. The highest BCUT2D eigenvalue weighted by Crippen LogP contribution is 2.63. The fourth-order valence-corrected chi connectivity index (χ4v) is 4.07. The molecule has 1 spiro atoms. The number of nitriles is 3. The van der Waals surface area contributed by atoms with Crippen molar-refractivity contribution in [3.8, 4) is 24.0 Å². The minimum atomic E-state index is -5.09. The Morgan fingerprint density at radius 3 is 2.16 bits per heavy atom. The fourth-order valence-electron chi connectivity index (χ4n) is 4.07. The average Bonchev–Trinajstić information content (AvgIpc) is 3.05. The third kappa shape index (κ3) is 2.61. The molecular formula is C23H12F3N3O2. The van der Waals surface area contributed by atoms with Crippen LogP contribution in [0.4, 0.5) is 13.2 Å². The zero-order chi connectivity index (χ0) is 22.3. The summed E-state index contributed by atoms with van der Waals surface area (Å²) in [5, 5.41) is 28.6. The number of ether oxygens (including phenoxy) is 2. The van der Waals surface area contributed by atoms with Crippen molar-refractivity contribution in [1.82, 2.24) is 0 Å². The first-order valence-electron chi connectivity index (χ1n) is 9.07. The molecule has 0 amide bonds. The lowest BCUT2D eigenvalue weighted by Gasteiger charge is -2.45. The van der Waals surface area contributed by atoms with E-state index < -0.39 is 34.6 Å². The van der Waals surface area contributed by atoms with E-state index in [0.717, 1.165) is 6.08 Å². The Morgan fingerprint density at radius 2 is 1.55 bits per heavy atom. The molecule has 31 heavy (non-hydrogen) atoms. The van der Waals surface area contributed by atoms with Crippen LogP contribution in [0.1, 0.15) is 11.1 Å². The van der Waals surface area contributed by atoms with E-state index in [-0.39, 0.29) is 11.3 Å². The fraction of sp³-hybridized carbons (Fsp3) is 0.174. The number of halogens is 3. The van der Waals surface area contributed by atoms with E-state index in [2.05, 4.69) is 0 Å². The molecule has 3 unspecified atom stereocenters. The van der Waals surface area contributed by atoms with Gasteiger partial charge in [0.2, 0.25) is 5.60 Å². The van der Waals surface area contributed by atoms with Crippen molar-refractivity contribution in [2.75, 3.05) is 0 Å². The van der Waals surface area contributed by atoms with Gasteiger partial charge in [-0.25, -0.2) is 0 Å². The van der Waals surface area contributed by atoms with E-state index in [0.29, 0.717) is 5.56 Å². The topological polar surface area (TPSA) is 89.8 Å². The number of nitrogens with zero attached hydrogens (tertiary/aromatic N) is 3. The van der Waals surface area contributed by atoms with Gasteiger partial charge in [0.15, 0.2) is 11.5 Å². The van der Waals surface area contributed by atoms with Crippen molar-refractivity contribution in [3.63, 3.8) is 0 Å². The van der Waals surface area contributed by atoms with Crippen LogP contribution >= 0.6 is 0 Å². The van der Waals surface area contributed by atoms with Gasteiger partial charge in [-0.3, -0.25) is 0 Å². The molecule has 3 atom stereocenters. The molecule has 2 aliphatic rings. The van der Waals surface area contributed by atoms with E-state index in [9.17, 15) is 29.0 Å². The molecular weight excluding hydrogens is 407 g/mol. The Morgan fingerprint density at radius 1 is 0.903 bits per heavy atom. The Kier molecular flexibility index (Phi) is 4.49. The molecule has 4 rings (SSSR count). The zero-order valence-corrected chi connectivity index (χ0v) is 15.7. The van der Waals surface area contributed by atoms with Crippen molar-refractivity contribution < 1.29 is 22.6 Å². The molecule has 0 bridgehead atoms. The van der Waals surface area contributed by atoms with Crippen LogP contribution in [-0.4, -0.2) is 11.8 Å². The van der Waals surface area contributed by atoms with Crippen LogP contribution in [-0.2, 0) is 10.3 Å². The molecule has 0 saturated carbocycles. The molecule has 0 aliphatic carbocycles. The van der Waals surface area contributed by atoms with Crippen LogP contribution in [0.3, 0.4) is 0 Å². The molecule has 0 N–H and O–H groups in total. The van der Waals surface area contributed by atoms with Crippen molar-refractivity contribution in [2.24, 2.45) is 5.92 Å². The molecule has 2 aliphatic heterocycles. The standard InChI is InChI=1S/C23H12F3N3O2/c24-23(25,26)22(17-7-2-1-3-8-17)21(11-10-15-6-4-5-9-19(15)30-21)18(14-29)20(31-22)16(12-27)13-28/h1-11,18H. The number of para-hydroxylation sites is 1. The van der Waals surface area contributed by atoms with Gasteiger partial charge in [-0.2, -0.15) is 29.0 Å². The van der Waals surface area contributed by atoms with Crippen LogP contribution in [0, 0.1) is 39.9 Å². The van der Waals surface area contributed by atoms with Crippen LogP contribution in [0.5, 0.6) is 5.75 Å². The quantitative estimate of drug-likeness (QED) is 0.622. The molecule has 8 heteroatoms. The van der Waals surface area contributed by atoms with Gasteiger partial charge in [0.1, 0.15) is 23.6 Å². The van der Waals surface area contributed by atoms with Crippen molar-refractivity contribution >= 4 is 6.08 Å². The number of hydrogen-bond donors (Lipinski definition) is 0. The molecule has 2 aromatic rings. The van der Waals surface area contributed by atoms with Gasteiger partial charge in [-0.05, 0) is 12.1 Å². The number of benzene rings is 2. The SMILES string of the molecule is N#CC(C#N)=C1OC(c2ccccc2)(C(F)(F)F)C2(C=Cc3ccccc3O2)C1C#N. The highest BCUT2D eigenvalue weighted by atomic mass is 19.4. The Bertz CT molecular complexity index is 1220. The van der Waals surface area contributed by atoms with Gasteiger partial charge in [0, 0.05) is 11.1 Å². The molecule has 1 fully saturated rings. The smallest absolute Gasteiger partial charge is 0.437 e. The molecule has 0 aromatic heterocycles. The summed E-state index contributed by atoms with van der Waals surface area (Å²) >= 11 is 0. The zero-order valence-electron chi connectivity index (χ0n) is 15.7. The molecule has 2 heterocycles. The second kappa shape index (κ2) is 6.93. The summed E-state index contributed by atoms with van der Waals surface area (Å²) in [4.78, 5) is 0. The van der Waals surface area contributed by atoms with Gasteiger partial charge < -0.3 is 9.47 Å². The van der Waals surface area contributed by atoms with Crippen molar-refractivity contribution in [2.45, 2.75) is 17.4 Å². The second-order valence-corrected chi connectivity index (χ2v) is 6.94. The maximum absolute atomic E-state index is 14.9. The first kappa shape index (κ1) is 20.1. The summed E-state index contributed by atoms with van der Waals surface area (Å²) in [6.07, 6.45) is -2.52. The van der Waals surface area contributed by atoms with E-state index in [1.807, 2.05) is 0 Å². The Balaban J connectivity index is 2.13. The van der Waals surface area contributed by atoms with Crippen molar-refractivity contribution in [1.29, 1.82) is 15.8 Å². The molecule has 1 saturated heterocycles. The predicted octanol–water partition coefficient (Wildman–Crippen LogP) is 4.76. The normalized spacial score (nSPS) is 26.1. The summed E-state index contributed by atoms with van der Waals surface area (Å²) in [5.41, 5.74) is -6.11. The van der Waals surface area contributed by atoms with E-state index in [4.69, 9.17) is 9.47 Å². The van der Waals surface area contributed by atoms with Crippen LogP contribution < -0.4 is 4.74 Å². The number of fused-ring (bicyclic) bond motifs is 1. The third-order valence-electron chi connectivity index (χ3n) is 5.39. The molecule has 0 radical (unpaired) electrons. The van der Waals surface area contributed by atoms with Gasteiger partial charge in [0.05, 0.1) is 6.07 Å². The lowest BCUT2D eigenvalue weighted by molar-refractivity contribution is -0.296. The van der Waals surface area contributed by atoms with Crippen LogP contribution in [0.25, 0.3) is 6.08 Å². The third-order valence-corrected chi connectivity index (χ3v) is 5.39. The largest absolute Gasteiger partial charge is 0.476 e. The summed E-state index contributed by atoms with van der Waals surface area (Å²) < 4.78 is 56.2. The van der Waals surface area contributed by atoms with Gasteiger partial charge in [0.25, 0.3) is 5.60 Å². The van der Waals surface area contributed by atoms with E-state index in [1.165, 1.54) is 54.6 Å². The summed E-state index contributed by atoms with van der Waals surface area (Å²) in [6.45, 7) is 0. The summed E-state index contributed by atoms with van der Waals surface area (Å²) in [7, 11) is 0. The van der Waals surface area contributed by atoms with Crippen LogP contribution in [0.2, 0.25) is 0 Å². The lowest BCUT2D eigenvalue weighted by atomic mass is 9.70. The second-order valence-electron chi connectivity index (χ2n) is 6.94. The van der Waals surface area contributed by atoms with E-state index in [1.54, 1.807) is 24.3 Å². The van der Waals surface area contributed by atoms with Gasteiger partial charge in [-0.1, -0.05) is 54.6 Å². The molecule has 2 aromatic carbocycles. The molecule has 5 nitrogen and oxygen atoms in total. The minimum absolute atomic E-state index is 0.120. The Labute approximate surface area is 175 Å². The first-order chi connectivity index (χ1) is 14.8. The number of allylic oxidation sites excluding steroid dienone is 1. The predicted molar refractivity (Wildman–Crippen MR) is 101 cm³/mol. The van der Waals surface area contributed by atoms with Gasteiger partial charge in [-0.15, -0.1) is 0 Å². The van der Waals surface area contributed by atoms with Gasteiger partial charge >= 0.3 is 6.18 Å². The summed E-state index contributed by atoms with van der Waals surface area (Å²) in [6, 6.07) is 18.0. The number of rotatable bonds is 1. The first-order valence-corrected chi connectivity index (χ1v) is 9.07. The lowest BCUT2D eigenvalue weighted by Crippen LogP contribution is -2.62.